The van der Waals surface area contributed by atoms with Crippen LogP contribution < -0.4 is 15.4 Å². The van der Waals surface area contributed by atoms with Crippen molar-refractivity contribution >= 4 is 22.4 Å². The van der Waals surface area contributed by atoms with Gasteiger partial charge in [0, 0.05) is 37.2 Å². The molecular weight excluding hydrogens is 436 g/mol. The molecule has 0 radical (unpaired) electrons. The highest BCUT2D eigenvalue weighted by Gasteiger charge is 2.53. The molecule has 170 valence electrons. The van der Waals surface area contributed by atoms with E-state index in [0.717, 1.165) is 48.4 Å². The average molecular weight is 463 g/mol. The number of thiazole rings is 1. The summed E-state index contributed by atoms with van der Waals surface area (Å²) in [5.41, 5.74) is 7.58. The number of rotatable bonds is 6. The van der Waals surface area contributed by atoms with Crippen molar-refractivity contribution in [3.05, 3.63) is 71.6 Å². The average Bonchev–Trinajstić information content (AvgIpc) is 3.19. The Balaban J connectivity index is 1.28. The van der Waals surface area contributed by atoms with E-state index in [-0.39, 0.29) is 11.3 Å². The van der Waals surface area contributed by atoms with E-state index in [0.29, 0.717) is 10.6 Å². The minimum atomic E-state index is -1.10. The molecule has 2 saturated heterocycles. The van der Waals surface area contributed by atoms with Crippen molar-refractivity contribution in [2.24, 2.45) is 11.1 Å². The van der Waals surface area contributed by atoms with Crippen LogP contribution in [0.4, 0.5) is 5.13 Å². The van der Waals surface area contributed by atoms with E-state index in [9.17, 15) is 9.90 Å². The van der Waals surface area contributed by atoms with E-state index in [2.05, 4.69) is 4.90 Å². The van der Waals surface area contributed by atoms with Crippen LogP contribution in [0.25, 0.3) is 11.3 Å². The Morgan fingerprint density at radius 2 is 1.79 bits per heavy atom. The van der Waals surface area contributed by atoms with Gasteiger partial charge in [-0.15, -0.1) is 0 Å². The predicted molar refractivity (Wildman–Crippen MR) is 129 cm³/mol. The van der Waals surface area contributed by atoms with Crippen LogP contribution in [0, 0.1) is 5.41 Å². The summed E-state index contributed by atoms with van der Waals surface area (Å²) in [5.74, 6) is 1.57. The molecule has 2 aromatic carbocycles. The molecule has 5 rings (SSSR count). The largest absolute Gasteiger partial charge is 0.457 e. The van der Waals surface area contributed by atoms with Gasteiger partial charge in [0.2, 0.25) is 5.91 Å². The number of hydrogen-bond donors (Lipinski definition) is 2. The number of allylic oxidation sites excluding steroid dienone is 1. The molecule has 1 spiro atoms. The van der Waals surface area contributed by atoms with Crippen LogP contribution in [-0.2, 0) is 4.79 Å². The van der Waals surface area contributed by atoms with Gasteiger partial charge in [0.05, 0.1) is 10.6 Å². The molecule has 1 atom stereocenters. The number of ether oxygens (including phenoxy) is 1. The van der Waals surface area contributed by atoms with Crippen molar-refractivity contribution in [3.8, 4) is 22.8 Å². The first-order valence-electron chi connectivity index (χ1n) is 10.9. The van der Waals surface area contributed by atoms with Gasteiger partial charge in [0.1, 0.15) is 17.7 Å². The molecule has 8 heteroatoms. The van der Waals surface area contributed by atoms with E-state index < -0.39 is 6.23 Å². The number of benzene rings is 2. The monoisotopic (exact) mass is 462 g/mol. The quantitative estimate of drug-likeness (QED) is 0.428. The Morgan fingerprint density at radius 1 is 1.12 bits per heavy atom. The molecule has 2 aliphatic rings. The Labute approximate surface area is 196 Å². The SMILES string of the molecule is C/C=C/C(=O)N1CC2(C1)CN(c1nc(-c3ccc(Oc4ccccc4)cc3)c(C(N)O)s1)C2. The van der Waals surface area contributed by atoms with Crippen LogP contribution >= 0.6 is 11.3 Å². The maximum absolute atomic E-state index is 12.0. The summed E-state index contributed by atoms with van der Waals surface area (Å²) in [7, 11) is 0. The smallest absolute Gasteiger partial charge is 0.246 e. The lowest BCUT2D eigenvalue weighted by Crippen LogP contribution is -2.73. The van der Waals surface area contributed by atoms with Crippen LogP contribution in [0.15, 0.2) is 66.7 Å². The Hall–Kier alpha value is -3.20. The second kappa shape index (κ2) is 8.62. The third-order valence-electron chi connectivity index (χ3n) is 6.01. The normalized spacial score (nSPS) is 17.7. The summed E-state index contributed by atoms with van der Waals surface area (Å²) in [6, 6.07) is 17.2. The fourth-order valence-electron chi connectivity index (χ4n) is 4.43. The number of likely N-dealkylation sites (tertiary alicyclic amines) is 1. The van der Waals surface area contributed by atoms with Crippen LogP contribution in [0.5, 0.6) is 11.5 Å². The molecule has 0 aliphatic carbocycles. The summed E-state index contributed by atoms with van der Waals surface area (Å²) >= 11 is 1.42. The summed E-state index contributed by atoms with van der Waals surface area (Å²) in [6.07, 6.45) is 2.29. The molecular formula is C25H26N4O3S. The number of nitrogens with zero attached hydrogens (tertiary/aromatic N) is 3. The first kappa shape index (κ1) is 21.6. The number of anilines is 1. The highest BCUT2D eigenvalue weighted by molar-refractivity contribution is 7.16. The lowest BCUT2D eigenvalue weighted by atomic mass is 9.73. The molecule has 1 unspecified atom stereocenters. The number of aliphatic hydroxyl groups is 1. The zero-order valence-corrected chi connectivity index (χ0v) is 19.2. The van der Waals surface area contributed by atoms with E-state index >= 15 is 0 Å². The fourth-order valence-corrected chi connectivity index (χ4v) is 5.41. The second-order valence-electron chi connectivity index (χ2n) is 8.64. The number of hydrogen-bond acceptors (Lipinski definition) is 7. The highest BCUT2D eigenvalue weighted by atomic mass is 32.1. The third-order valence-corrected chi connectivity index (χ3v) is 7.20. The lowest BCUT2D eigenvalue weighted by Gasteiger charge is -2.60. The lowest BCUT2D eigenvalue weighted by molar-refractivity contribution is -0.139. The third kappa shape index (κ3) is 4.25. The fraction of sp³-hybridized carbons (Fsp3) is 0.280. The van der Waals surface area contributed by atoms with Gasteiger partial charge in [0.15, 0.2) is 5.13 Å². The summed E-state index contributed by atoms with van der Waals surface area (Å²) in [4.78, 5) is 21.5. The number of amides is 1. The summed E-state index contributed by atoms with van der Waals surface area (Å²) in [5, 5.41) is 11.0. The molecule has 3 aromatic rings. The zero-order valence-electron chi connectivity index (χ0n) is 18.3. The summed E-state index contributed by atoms with van der Waals surface area (Å²) in [6.45, 7) is 5.11. The van der Waals surface area contributed by atoms with Crippen molar-refractivity contribution in [3.63, 3.8) is 0 Å². The number of aromatic nitrogens is 1. The Morgan fingerprint density at radius 3 is 2.42 bits per heavy atom. The maximum atomic E-state index is 12.0. The maximum Gasteiger partial charge on any atom is 0.246 e. The molecule has 1 amide bonds. The molecule has 1 aromatic heterocycles. The van der Waals surface area contributed by atoms with Crippen molar-refractivity contribution in [2.45, 2.75) is 13.2 Å². The van der Waals surface area contributed by atoms with E-state index in [4.69, 9.17) is 15.5 Å². The molecule has 0 saturated carbocycles. The minimum Gasteiger partial charge on any atom is -0.457 e. The molecule has 3 heterocycles. The number of carbonyl (C=O) groups is 1. The number of nitrogens with two attached hydrogens (primary N) is 1. The first-order chi connectivity index (χ1) is 16.0. The van der Waals surface area contributed by atoms with Gasteiger partial charge in [-0.05, 0) is 49.4 Å². The first-order valence-corrected chi connectivity index (χ1v) is 11.7. The molecule has 33 heavy (non-hydrogen) atoms. The van der Waals surface area contributed by atoms with E-state index in [1.807, 2.05) is 66.4 Å². The van der Waals surface area contributed by atoms with Gasteiger partial charge >= 0.3 is 0 Å². The van der Waals surface area contributed by atoms with Gasteiger partial charge in [0.25, 0.3) is 0 Å². The zero-order chi connectivity index (χ0) is 23.0. The van der Waals surface area contributed by atoms with Crippen molar-refractivity contribution in [1.82, 2.24) is 9.88 Å². The second-order valence-corrected chi connectivity index (χ2v) is 9.65. The Kier molecular flexibility index (Phi) is 5.65. The van der Waals surface area contributed by atoms with Gasteiger partial charge in [-0.3, -0.25) is 4.79 Å². The number of para-hydroxylation sites is 1. The topological polar surface area (TPSA) is 91.9 Å². The predicted octanol–water partition coefficient (Wildman–Crippen LogP) is 3.78. The minimum absolute atomic E-state index is 0.0753. The van der Waals surface area contributed by atoms with E-state index in [1.54, 1.807) is 12.2 Å². The van der Waals surface area contributed by atoms with Crippen molar-refractivity contribution < 1.29 is 14.6 Å². The van der Waals surface area contributed by atoms with Crippen molar-refractivity contribution in [1.29, 1.82) is 0 Å². The van der Waals surface area contributed by atoms with Gasteiger partial charge in [-0.25, -0.2) is 4.98 Å². The van der Waals surface area contributed by atoms with Crippen molar-refractivity contribution in [2.75, 3.05) is 31.1 Å². The highest BCUT2D eigenvalue weighted by Crippen LogP contribution is 2.45. The number of carbonyl (C=O) groups excluding carboxylic acids is 1. The van der Waals surface area contributed by atoms with Crippen LogP contribution in [0.1, 0.15) is 18.0 Å². The van der Waals surface area contributed by atoms with Gasteiger partial charge in [-0.2, -0.15) is 0 Å². The number of aliphatic hydroxyl groups excluding tert-OH is 1. The molecule has 7 nitrogen and oxygen atoms in total. The summed E-state index contributed by atoms with van der Waals surface area (Å²) < 4.78 is 5.87. The van der Waals surface area contributed by atoms with E-state index in [1.165, 1.54) is 11.3 Å². The van der Waals surface area contributed by atoms with Crippen LogP contribution in [0.3, 0.4) is 0 Å². The van der Waals surface area contributed by atoms with Gasteiger partial charge < -0.3 is 25.4 Å². The molecule has 2 aliphatic heterocycles. The molecule has 0 bridgehead atoms. The molecule has 3 N–H and O–H groups in total. The van der Waals surface area contributed by atoms with Gasteiger partial charge in [-0.1, -0.05) is 35.6 Å². The Bertz CT molecular complexity index is 1160. The van der Waals surface area contributed by atoms with Crippen LogP contribution in [-0.4, -0.2) is 47.1 Å². The van der Waals surface area contributed by atoms with Crippen LogP contribution in [0.2, 0.25) is 0 Å². The molecule has 2 fully saturated rings. The standard InChI is InChI=1S/C25H26N4O3S/c1-2-6-20(30)28-13-25(14-28)15-29(16-25)24-27-21(22(33-24)23(26)31)17-9-11-19(12-10-17)32-18-7-4-3-5-8-18/h2-12,23,31H,13-16,26H2,1H3/b6-2+.